The molecule has 0 bridgehead atoms. The highest BCUT2D eigenvalue weighted by Crippen LogP contribution is 2.26. The first-order valence-electron chi connectivity index (χ1n) is 3.09. The molecule has 0 fully saturated rings. The molecule has 5 heteroatoms. The number of aromatic amines is 1. The lowest BCUT2D eigenvalue weighted by Crippen LogP contribution is -2.11. The lowest BCUT2D eigenvalue weighted by Gasteiger charge is -2.01. The smallest absolute Gasteiger partial charge is 0.269 e. The molecule has 1 rings (SSSR count). The molecule has 2 N–H and O–H groups in total. The monoisotopic (exact) mass is 228 g/mol. The molecule has 1 heterocycles. The molecule has 0 amide bonds. The van der Waals surface area contributed by atoms with Crippen LogP contribution in [0.5, 0.6) is 5.75 Å². The summed E-state index contributed by atoms with van der Waals surface area (Å²) in [5, 5.41) is 17.7. The lowest BCUT2D eigenvalue weighted by atomic mass is 10.2. The fourth-order valence-electron chi connectivity index (χ4n) is 0.786. The summed E-state index contributed by atoms with van der Waals surface area (Å²) in [7, 11) is 0. The number of nitriles is 1. The molecular weight excluding hydrogens is 224 g/mol. The van der Waals surface area contributed by atoms with Crippen LogP contribution in [0.2, 0.25) is 0 Å². The molecule has 62 valence electrons. The SMILES string of the molecule is Cc1[nH]c(=O)c(C#N)c(O)c1Br. The van der Waals surface area contributed by atoms with Crippen LogP contribution in [0.15, 0.2) is 9.27 Å². The summed E-state index contributed by atoms with van der Waals surface area (Å²) in [5.74, 6) is -0.307. The van der Waals surface area contributed by atoms with Crippen LogP contribution in [0.1, 0.15) is 11.3 Å². The summed E-state index contributed by atoms with van der Waals surface area (Å²) >= 11 is 3.03. The molecule has 0 spiro atoms. The van der Waals surface area contributed by atoms with Gasteiger partial charge in [0.2, 0.25) is 0 Å². The van der Waals surface area contributed by atoms with Gasteiger partial charge in [-0.25, -0.2) is 0 Å². The Morgan fingerprint density at radius 2 is 2.25 bits per heavy atom. The van der Waals surface area contributed by atoms with Gasteiger partial charge in [0, 0.05) is 5.69 Å². The van der Waals surface area contributed by atoms with Crippen molar-refractivity contribution in [3.05, 3.63) is 26.1 Å². The van der Waals surface area contributed by atoms with Crippen molar-refractivity contribution in [2.24, 2.45) is 0 Å². The number of nitrogens with zero attached hydrogens (tertiary/aromatic N) is 1. The zero-order valence-corrected chi connectivity index (χ0v) is 7.77. The Hall–Kier alpha value is -1.28. The number of pyridine rings is 1. The molecule has 4 nitrogen and oxygen atoms in total. The third-order valence-electron chi connectivity index (χ3n) is 1.41. The molecule has 0 radical (unpaired) electrons. The van der Waals surface area contributed by atoms with Gasteiger partial charge in [0.05, 0.1) is 4.47 Å². The number of aryl methyl sites for hydroxylation is 1. The van der Waals surface area contributed by atoms with Crippen LogP contribution in [0.25, 0.3) is 0 Å². The minimum absolute atomic E-state index is 0.271. The van der Waals surface area contributed by atoms with Gasteiger partial charge in [-0.2, -0.15) is 5.26 Å². The number of hydrogen-bond acceptors (Lipinski definition) is 3. The Kier molecular flexibility index (Phi) is 2.20. The predicted molar refractivity (Wildman–Crippen MR) is 45.9 cm³/mol. The van der Waals surface area contributed by atoms with Crippen molar-refractivity contribution in [1.82, 2.24) is 4.98 Å². The highest BCUT2D eigenvalue weighted by molar-refractivity contribution is 9.10. The van der Waals surface area contributed by atoms with Crippen molar-refractivity contribution in [1.29, 1.82) is 5.26 Å². The van der Waals surface area contributed by atoms with E-state index in [4.69, 9.17) is 5.26 Å². The second-order valence-corrected chi connectivity index (χ2v) is 3.02. The molecule has 0 aliphatic carbocycles. The highest BCUT2D eigenvalue weighted by atomic mass is 79.9. The van der Waals surface area contributed by atoms with Crippen molar-refractivity contribution in [2.75, 3.05) is 0 Å². The maximum absolute atomic E-state index is 11.0. The molecule has 0 unspecified atom stereocenters. The Balaban J connectivity index is 3.66. The van der Waals surface area contributed by atoms with Crippen molar-refractivity contribution in [3.8, 4) is 11.8 Å². The largest absolute Gasteiger partial charge is 0.505 e. The molecule has 0 atom stereocenters. The summed E-state index contributed by atoms with van der Waals surface area (Å²) in [6, 6.07) is 1.61. The molecule has 1 aromatic rings. The summed E-state index contributed by atoms with van der Waals surface area (Å²) in [6.45, 7) is 1.62. The van der Waals surface area contributed by atoms with E-state index in [0.29, 0.717) is 10.2 Å². The Morgan fingerprint density at radius 1 is 1.67 bits per heavy atom. The van der Waals surface area contributed by atoms with Crippen LogP contribution in [0.4, 0.5) is 0 Å². The second kappa shape index (κ2) is 2.99. The van der Waals surface area contributed by atoms with Gasteiger partial charge in [-0.05, 0) is 22.9 Å². The third kappa shape index (κ3) is 1.21. The minimum atomic E-state index is -0.573. The number of aromatic nitrogens is 1. The Bertz CT molecular complexity index is 417. The van der Waals surface area contributed by atoms with Crippen LogP contribution in [-0.2, 0) is 0 Å². The number of halogens is 1. The molecule has 0 saturated carbocycles. The molecule has 0 saturated heterocycles. The molecular formula is C7H5BrN2O2. The number of nitrogens with one attached hydrogen (secondary N) is 1. The third-order valence-corrected chi connectivity index (χ3v) is 2.38. The van der Waals surface area contributed by atoms with Crippen LogP contribution in [-0.4, -0.2) is 10.1 Å². The van der Waals surface area contributed by atoms with E-state index in [1.54, 1.807) is 13.0 Å². The van der Waals surface area contributed by atoms with Gasteiger partial charge in [-0.15, -0.1) is 0 Å². The summed E-state index contributed by atoms with van der Waals surface area (Å²) in [6.07, 6.45) is 0. The Morgan fingerprint density at radius 3 is 2.75 bits per heavy atom. The van der Waals surface area contributed by atoms with Gasteiger partial charge in [0.25, 0.3) is 5.56 Å². The molecule has 0 aliphatic rings. The zero-order chi connectivity index (χ0) is 9.30. The standard InChI is InChI=1S/C7H5BrN2O2/c1-3-5(8)6(11)4(2-9)7(12)10-3/h1H3,(H2,10,11,12). The van der Waals surface area contributed by atoms with E-state index >= 15 is 0 Å². The number of H-pyrrole nitrogens is 1. The highest BCUT2D eigenvalue weighted by Gasteiger charge is 2.11. The van der Waals surface area contributed by atoms with Gasteiger partial charge in [0.15, 0.2) is 11.3 Å². The maximum Gasteiger partial charge on any atom is 0.269 e. The van der Waals surface area contributed by atoms with E-state index in [2.05, 4.69) is 20.9 Å². The summed E-state index contributed by atoms with van der Waals surface area (Å²) < 4.78 is 0.346. The summed E-state index contributed by atoms with van der Waals surface area (Å²) in [5.41, 5.74) is -0.348. The van der Waals surface area contributed by atoms with E-state index in [1.165, 1.54) is 0 Å². The van der Waals surface area contributed by atoms with Gasteiger partial charge >= 0.3 is 0 Å². The van der Waals surface area contributed by atoms with Gasteiger partial charge in [-0.3, -0.25) is 4.79 Å². The van der Waals surface area contributed by atoms with Crippen LogP contribution in [0, 0.1) is 18.3 Å². The zero-order valence-electron chi connectivity index (χ0n) is 6.18. The van der Waals surface area contributed by atoms with Crippen LogP contribution in [0.3, 0.4) is 0 Å². The van der Waals surface area contributed by atoms with E-state index in [1.807, 2.05) is 0 Å². The van der Waals surface area contributed by atoms with Crippen LogP contribution < -0.4 is 5.56 Å². The van der Waals surface area contributed by atoms with E-state index in [-0.39, 0.29) is 11.3 Å². The normalized spacial score (nSPS) is 9.42. The quantitative estimate of drug-likeness (QED) is 0.697. The molecule has 0 aromatic carbocycles. The average Bonchev–Trinajstić information content (AvgIpc) is 2.01. The number of aromatic hydroxyl groups is 1. The number of rotatable bonds is 0. The topological polar surface area (TPSA) is 76.9 Å². The first-order chi connectivity index (χ1) is 5.57. The molecule has 12 heavy (non-hydrogen) atoms. The fourth-order valence-corrected chi connectivity index (χ4v) is 1.08. The average molecular weight is 229 g/mol. The van der Waals surface area contributed by atoms with Crippen molar-refractivity contribution in [3.63, 3.8) is 0 Å². The number of hydrogen-bond donors (Lipinski definition) is 2. The molecule has 0 aliphatic heterocycles. The van der Waals surface area contributed by atoms with Gasteiger partial charge < -0.3 is 10.1 Å². The van der Waals surface area contributed by atoms with Crippen molar-refractivity contribution < 1.29 is 5.11 Å². The van der Waals surface area contributed by atoms with E-state index < -0.39 is 5.56 Å². The fraction of sp³-hybridized carbons (Fsp3) is 0.143. The summed E-state index contributed by atoms with van der Waals surface area (Å²) in [4.78, 5) is 13.4. The van der Waals surface area contributed by atoms with Crippen molar-refractivity contribution >= 4 is 15.9 Å². The Labute approximate surface area is 76.6 Å². The van der Waals surface area contributed by atoms with Crippen LogP contribution >= 0.6 is 15.9 Å². The van der Waals surface area contributed by atoms with E-state index in [0.717, 1.165) is 0 Å². The molecule has 1 aromatic heterocycles. The van der Waals surface area contributed by atoms with Crippen molar-refractivity contribution in [2.45, 2.75) is 6.92 Å². The van der Waals surface area contributed by atoms with Gasteiger partial charge in [-0.1, -0.05) is 0 Å². The predicted octanol–water partition coefficient (Wildman–Crippen LogP) is 1.02. The first kappa shape index (κ1) is 8.81. The first-order valence-corrected chi connectivity index (χ1v) is 3.88. The van der Waals surface area contributed by atoms with E-state index in [9.17, 15) is 9.90 Å². The second-order valence-electron chi connectivity index (χ2n) is 2.23. The van der Waals surface area contributed by atoms with Gasteiger partial charge in [0.1, 0.15) is 6.07 Å². The maximum atomic E-state index is 11.0. The lowest BCUT2D eigenvalue weighted by molar-refractivity contribution is 0.467. The minimum Gasteiger partial charge on any atom is -0.505 e.